The lowest BCUT2D eigenvalue weighted by molar-refractivity contribution is 0.117. The molecule has 31 heavy (non-hydrogen) atoms. The molecule has 0 spiro atoms. The number of rotatable bonds is 4. The van der Waals surface area contributed by atoms with Gasteiger partial charge in [-0.25, -0.2) is 4.98 Å². The van der Waals surface area contributed by atoms with E-state index in [0.29, 0.717) is 25.3 Å². The molecule has 0 saturated carbocycles. The van der Waals surface area contributed by atoms with Gasteiger partial charge in [0.2, 0.25) is 0 Å². The second-order valence-corrected chi connectivity index (χ2v) is 9.24. The van der Waals surface area contributed by atoms with Gasteiger partial charge in [0.1, 0.15) is 17.4 Å². The molecule has 9 nitrogen and oxygen atoms in total. The number of aliphatic imine (C=N–C) groups is 1. The fourth-order valence-electron chi connectivity index (χ4n) is 3.88. The zero-order valence-corrected chi connectivity index (χ0v) is 18.4. The minimum Gasteiger partial charge on any atom is -0.492 e. The van der Waals surface area contributed by atoms with Gasteiger partial charge in [0.15, 0.2) is 6.29 Å². The first-order valence-corrected chi connectivity index (χ1v) is 11.3. The maximum Gasteiger partial charge on any atom is 0.151 e. The predicted molar refractivity (Wildman–Crippen MR) is 125 cm³/mol. The number of anilines is 1. The number of nitrogen functional groups attached to an aromatic ring is 1. The highest BCUT2D eigenvalue weighted by molar-refractivity contribution is 7.99. The number of aromatic nitrogens is 1. The molecule has 2 aromatic rings. The monoisotopic (exact) mass is 442 g/mol. The molecule has 0 amide bonds. The lowest BCUT2D eigenvalue weighted by Gasteiger charge is -2.34. The summed E-state index contributed by atoms with van der Waals surface area (Å²) in [4.78, 5) is 11.0. The van der Waals surface area contributed by atoms with Gasteiger partial charge in [-0.15, -0.1) is 0 Å². The van der Waals surface area contributed by atoms with Crippen LogP contribution in [-0.2, 0) is 6.54 Å². The second kappa shape index (κ2) is 9.51. The number of fused-ring (bicyclic) bond motifs is 1. The van der Waals surface area contributed by atoms with Crippen LogP contribution in [0.4, 0.5) is 5.69 Å². The summed E-state index contributed by atoms with van der Waals surface area (Å²) in [5, 5.41) is 3.99. The highest BCUT2D eigenvalue weighted by Gasteiger charge is 2.29. The van der Waals surface area contributed by atoms with E-state index in [2.05, 4.69) is 26.3 Å². The minimum atomic E-state index is -0.463. The number of nitrogens with one attached hydrogen (secondary N) is 1. The molecule has 10 heteroatoms. The Morgan fingerprint density at radius 2 is 2.10 bits per heavy atom. The summed E-state index contributed by atoms with van der Waals surface area (Å²) < 4.78 is 6.01. The van der Waals surface area contributed by atoms with E-state index in [-0.39, 0.29) is 17.6 Å². The third kappa shape index (κ3) is 5.17. The quantitative estimate of drug-likeness (QED) is 0.343. The van der Waals surface area contributed by atoms with Crippen molar-refractivity contribution in [3.05, 3.63) is 36.0 Å². The normalized spacial score (nSPS) is 25.2. The highest BCUT2D eigenvalue weighted by Crippen LogP contribution is 2.33. The summed E-state index contributed by atoms with van der Waals surface area (Å²) in [6.07, 6.45) is 3.75. The summed E-state index contributed by atoms with van der Waals surface area (Å²) in [5.74, 6) is 0.874. The van der Waals surface area contributed by atoms with Gasteiger partial charge < -0.3 is 21.9 Å². The second-order valence-electron chi connectivity index (χ2n) is 7.87. The van der Waals surface area contributed by atoms with E-state index in [4.69, 9.17) is 27.7 Å². The van der Waals surface area contributed by atoms with Crippen LogP contribution in [0.3, 0.4) is 0 Å². The van der Waals surface area contributed by atoms with E-state index >= 15 is 0 Å². The number of thioether (sulfide) groups is 1. The van der Waals surface area contributed by atoms with Gasteiger partial charge in [0.05, 0.1) is 17.2 Å². The average Bonchev–Trinajstić information content (AvgIpc) is 3.04. The van der Waals surface area contributed by atoms with Crippen LogP contribution >= 0.6 is 11.8 Å². The largest absolute Gasteiger partial charge is 0.492 e. The summed E-state index contributed by atoms with van der Waals surface area (Å²) in [6, 6.07) is 7.99. The first kappa shape index (κ1) is 22.0. The van der Waals surface area contributed by atoms with Crippen LogP contribution < -0.4 is 33.0 Å². The van der Waals surface area contributed by atoms with Gasteiger partial charge in [-0.05, 0) is 30.7 Å². The standard InChI is InChI=1S/C21H30N8OS/c1-12(22)31-20-17(24)9-14(10-27-20)13-2-3-18-15(8-13)11-29(6-7-30-18)19-16(23)4-5-26-21(25)28-19/h2-3,5,8-10,12,16,19,21,28H,4,6-7,11,22-25H2,1H3. The molecule has 0 saturated heterocycles. The summed E-state index contributed by atoms with van der Waals surface area (Å²) in [6.45, 7) is 3.90. The van der Waals surface area contributed by atoms with Crippen molar-refractivity contribution in [2.75, 3.05) is 18.9 Å². The molecule has 2 aliphatic heterocycles. The maximum atomic E-state index is 6.40. The summed E-state index contributed by atoms with van der Waals surface area (Å²) >= 11 is 1.45. The summed E-state index contributed by atoms with van der Waals surface area (Å²) in [5.41, 5.74) is 28.2. The molecule has 4 atom stereocenters. The average molecular weight is 443 g/mol. The number of nitrogens with zero attached hydrogens (tertiary/aromatic N) is 3. The van der Waals surface area contributed by atoms with Gasteiger partial charge in [-0.2, -0.15) is 0 Å². The number of ether oxygens (including phenoxy) is 1. The van der Waals surface area contributed by atoms with Crippen molar-refractivity contribution in [2.45, 2.75) is 48.8 Å². The fourth-order valence-corrected chi connectivity index (χ4v) is 4.54. The number of hydrogen-bond acceptors (Lipinski definition) is 10. The molecule has 9 N–H and O–H groups in total. The van der Waals surface area contributed by atoms with E-state index in [0.717, 1.165) is 34.0 Å². The molecule has 0 bridgehead atoms. The third-order valence-electron chi connectivity index (χ3n) is 5.36. The van der Waals surface area contributed by atoms with Gasteiger partial charge >= 0.3 is 0 Å². The lowest BCUT2D eigenvalue weighted by Crippen LogP contribution is -2.59. The van der Waals surface area contributed by atoms with Crippen molar-refractivity contribution in [3.8, 4) is 16.9 Å². The molecule has 1 aromatic heterocycles. The molecule has 166 valence electrons. The lowest BCUT2D eigenvalue weighted by atomic mass is 10.0. The topological polar surface area (TPSA) is 154 Å². The Morgan fingerprint density at radius 1 is 1.26 bits per heavy atom. The van der Waals surface area contributed by atoms with Crippen LogP contribution in [0, 0.1) is 0 Å². The minimum absolute atomic E-state index is 0.0706. The molecule has 4 rings (SSSR count). The van der Waals surface area contributed by atoms with Crippen molar-refractivity contribution in [1.29, 1.82) is 0 Å². The Kier molecular flexibility index (Phi) is 6.75. The van der Waals surface area contributed by atoms with Crippen LogP contribution in [0.1, 0.15) is 18.9 Å². The van der Waals surface area contributed by atoms with E-state index in [9.17, 15) is 0 Å². The maximum absolute atomic E-state index is 6.40. The zero-order valence-electron chi connectivity index (χ0n) is 17.6. The van der Waals surface area contributed by atoms with Crippen molar-refractivity contribution in [1.82, 2.24) is 15.2 Å². The SMILES string of the molecule is CC(N)Sc1ncc(-c2ccc3c(c2)CN(C2NC(N)N=CCC2N)CCO3)cc1N. The van der Waals surface area contributed by atoms with Gasteiger partial charge in [-0.3, -0.25) is 20.9 Å². The van der Waals surface area contributed by atoms with E-state index in [1.807, 2.05) is 31.3 Å². The number of benzene rings is 1. The number of nitrogens with two attached hydrogens (primary N) is 4. The first-order valence-electron chi connectivity index (χ1n) is 10.4. The predicted octanol–water partition coefficient (Wildman–Crippen LogP) is 0.882. The molecule has 3 heterocycles. The molecule has 0 fully saturated rings. The molecule has 0 aliphatic carbocycles. The van der Waals surface area contributed by atoms with Gasteiger partial charge in [-0.1, -0.05) is 17.8 Å². The Morgan fingerprint density at radius 3 is 2.87 bits per heavy atom. The molecule has 2 aliphatic rings. The van der Waals surface area contributed by atoms with Gasteiger partial charge in [0.25, 0.3) is 0 Å². The van der Waals surface area contributed by atoms with Crippen LogP contribution in [0.5, 0.6) is 5.75 Å². The van der Waals surface area contributed by atoms with E-state index in [1.165, 1.54) is 11.8 Å². The first-order chi connectivity index (χ1) is 14.9. The van der Waals surface area contributed by atoms with Crippen LogP contribution in [0.25, 0.3) is 11.1 Å². The molecule has 4 unspecified atom stereocenters. The van der Waals surface area contributed by atoms with Crippen molar-refractivity contribution < 1.29 is 4.74 Å². The number of hydrogen-bond donors (Lipinski definition) is 5. The van der Waals surface area contributed by atoms with Crippen molar-refractivity contribution in [3.63, 3.8) is 0 Å². The van der Waals surface area contributed by atoms with Crippen LogP contribution in [-0.4, -0.2) is 53.1 Å². The van der Waals surface area contributed by atoms with Crippen LogP contribution in [0.2, 0.25) is 0 Å². The smallest absolute Gasteiger partial charge is 0.151 e. The third-order valence-corrected chi connectivity index (χ3v) is 6.30. The zero-order chi connectivity index (χ0) is 22.0. The highest BCUT2D eigenvalue weighted by atomic mass is 32.2. The number of pyridine rings is 1. The molecular formula is C21H30N8OS. The molecular weight excluding hydrogens is 412 g/mol. The molecule has 0 radical (unpaired) electrons. The van der Waals surface area contributed by atoms with Gasteiger partial charge in [0, 0.05) is 49.1 Å². The van der Waals surface area contributed by atoms with Crippen LogP contribution in [0.15, 0.2) is 40.5 Å². The Balaban J connectivity index is 1.59. The van der Waals surface area contributed by atoms with Crippen molar-refractivity contribution in [2.24, 2.45) is 22.2 Å². The molecule has 1 aromatic carbocycles. The Hall–Kier alpha value is -2.21. The summed E-state index contributed by atoms with van der Waals surface area (Å²) in [7, 11) is 0. The van der Waals surface area contributed by atoms with Crippen molar-refractivity contribution >= 4 is 23.7 Å². The fraction of sp³-hybridized carbons (Fsp3) is 0.429. The van der Waals surface area contributed by atoms with E-state index in [1.54, 1.807) is 6.21 Å². The van der Waals surface area contributed by atoms with E-state index < -0.39 is 6.29 Å². The Bertz CT molecular complexity index is 953. The Labute approximate surface area is 186 Å².